The largest absolute Gasteiger partial charge is 0.478 e. The van der Waals surface area contributed by atoms with Crippen LogP contribution in [0, 0.1) is 5.92 Å². The highest BCUT2D eigenvalue weighted by Gasteiger charge is 2.21. The minimum atomic E-state index is -0.907. The molecule has 0 unspecified atom stereocenters. The summed E-state index contributed by atoms with van der Waals surface area (Å²) in [7, 11) is 0. The Bertz CT molecular complexity index is 957. The zero-order valence-electron chi connectivity index (χ0n) is 16.3. The molecule has 5 nitrogen and oxygen atoms in total. The van der Waals surface area contributed by atoms with Gasteiger partial charge < -0.3 is 9.67 Å². The number of aryl methyl sites for hydroxylation is 1. The van der Waals surface area contributed by atoms with Crippen LogP contribution in [0.2, 0.25) is 0 Å². The van der Waals surface area contributed by atoms with E-state index in [2.05, 4.69) is 46.7 Å². The van der Waals surface area contributed by atoms with Crippen molar-refractivity contribution in [3.05, 3.63) is 65.5 Å². The van der Waals surface area contributed by atoms with Gasteiger partial charge in [-0.15, -0.1) is 0 Å². The number of fused-ring (bicyclic) bond motifs is 1. The van der Waals surface area contributed by atoms with E-state index in [0.29, 0.717) is 5.56 Å². The molecule has 0 bridgehead atoms. The first-order chi connectivity index (χ1) is 13.6. The van der Waals surface area contributed by atoms with Crippen LogP contribution >= 0.6 is 0 Å². The van der Waals surface area contributed by atoms with Crippen molar-refractivity contribution in [2.75, 3.05) is 13.1 Å². The quantitative estimate of drug-likeness (QED) is 0.699. The maximum Gasteiger partial charge on any atom is 0.335 e. The van der Waals surface area contributed by atoms with Crippen molar-refractivity contribution in [3.63, 3.8) is 0 Å². The van der Waals surface area contributed by atoms with Crippen LogP contribution in [0.1, 0.15) is 41.5 Å². The van der Waals surface area contributed by atoms with Gasteiger partial charge in [0.1, 0.15) is 5.82 Å². The third-order valence-corrected chi connectivity index (χ3v) is 5.83. The van der Waals surface area contributed by atoms with Gasteiger partial charge >= 0.3 is 5.97 Å². The van der Waals surface area contributed by atoms with Crippen LogP contribution < -0.4 is 0 Å². The molecule has 5 heteroatoms. The lowest BCUT2D eigenvalue weighted by molar-refractivity contribution is 0.0697. The summed E-state index contributed by atoms with van der Waals surface area (Å²) in [6.45, 7) is 5.95. The second kappa shape index (κ2) is 8.15. The van der Waals surface area contributed by atoms with E-state index in [9.17, 15) is 9.90 Å². The second-order valence-corrected chi connectivity index (χ2v) is 7.69. The molecular formula is C23H27N3O2. The molecule has 1 aliphatic rings. The van der Waals surface area contributed by atoms with Crippen LogP contribution in [0.25, 0.3) is 11.0 Å². The van der Waals surface area contributed by atoms with Crippen molar-refractivity contribution < 1.29 is 9.90 Å². The van der Waals surface area contributed by atoms with Gasteiger partial charge in [-0.25, -0.2) is 9.78 Å². The number of imidazole rings is 1. The molecule has 0 saturated carbocycles. The molecule has 0 atom stereocenters. The summed E-state index contributed by atoms with van der Waals surface area (Å²) in [5, 5.41) is 9.23. The fourth-order valence-electron chi connectivity index (χ4n) is 4.28. The number of nitrogens with zero attached hydrogens (tertiary/aromatic N) is 3. The fraction of sp³-hybridized carbons (Fsp3) is 0.391. The zero-order valence-corrected chi connectivity index (χ0v) is 16.3. The van der Waals surface area contributed by atoms with Crippen LogP contribution in [-0.2, 0) is 19.5 Å². The van der Waals surface area contributed by atoms with E-state index in [1.54, 1.807) is 12.1 Å². The van der Waals surface area contributed by atoms with Crippen molar-refractivity contribution in [3.8, 4) is 0 Å². The summed E-state index contributed by atoms with van der Waals surface area (Å²) in [5.41, 5.74) is 3.52. The number of piperidine rings is 1. The first-order valence-electron chi connectivity index (χ1n) is 10.1. The van der Waals surface area contributed by atoms with Crippen molar-refractivity contribution >= 4 is 17.0 Å². The fourth-order valence-corrected chi connectivity index (χ4v) is 4.28. The van der Waals surface area contributed by atoms with Gasteiger partial charge in [0.15, 0.2) is 0 Å². The predicted molar refractivity (Wildman–Crippen MR) is 111 cm³/mol. The van der Waals surface area contributed by atoms with Crippen molar-refractivity contribution in [1.82, 2.24) is 14.5 Å². The lowest BCUT2D eigenvalue weighted by Crippen LogP contribution is -2.34. The number of likely N-dealkylation sites (tertiary alicyclic amines) is 1. The Kier molecular flexibility index (Phi) is 5.44. The van der Waals surface area contributed by atoms with E-state index in [1.165, 1.54) is 24.8 Å². The third-order valence-electron chi connectivity index (χ3n) is 5.83. The first-order valence-corrected chi connectivity index (χ1v) is 10.1. The highest BCUT2D eigenvalue weighted by atomic mass is 16.4. The van der Waals surface area contributed by atoms with Crippen molar-refractivity contribution in [1.29, 1.82) is 0 Å². The Balaban J connectivity index is 1.43. The van der Waals surface area contributed by atoms with Crippen LogP contribution in [0.3, 0.4) is 0 Å². The average molecular weight is 377 g/mol. The number of carboxylic acids is 1. The Hall–Kier alpha value is -2.66. The van der Waals surface area contributed by atoms with Crippen LogP contribution in [0.4, 0.5) is 0 Å². The number of carbonyl (C=O) groups is 1. The average Bonchev–Trinajstić information content (AvgIpc) is 3.06. The highest BCUT2D eigenvalue weighted by molar-refractivity contribution is 5.92. The minimum Gasteiger partial charge on any atom is -0.478 e. The van der Waals surface area contributed by atoms with E-state index in [0.717, 1.165) is 49.0 Å². The Morgan fingerprint density at radius 3 is 2.57 bits per heavy atom. The number of benzene rings is 2. The molecule has 2 aromatic carbocycles. The highest BCUT2D eigenvalue weighted by Crippen LogP contribution is 2.24. The molecule has 1 aliphatic heterocycles. The summed E-state index contributed by atoms with van der Waals surface area (Å²) in [5.74, 6) is 0.873. The molecule has 3 aromatic rings. The monoisotopic (exact) mass is 377 g/mol. The van der Waals surface area contributed by atoms with Crippen LogP contribution in [0.5, 0.6) is 0 Å². The number of rotatable bonds is 6. The molecule has 1 N–H and O–H groups in total. The molecule has 0 aliphatic carbocycles. The standard InChI is InChI=1S/C23H27N3O2/c1-2-26-21-9-8-19(23(27)28)15-20(21)24-22(26)16-25-12-10-18(11-13-25)14-17-6-4-3-5-7-17/h3-9,15,18H,2,10-14,16H2,1H3,(H,27,28). The molecule has 28 heavy (non-hydrogen) atoms. The van der Waals surface area contributed by atoms with E-state index >= 15 is 0 Å². The van der Waals surface area contributed by atoms with Crippen LogP contribution in [0.15, 0.2) is 48.5 Å². The Morgan fingerprint density at radius 1 is 1.14 bits per heavy atom. The van der Waals surface area contributed by atoms with Gasteiger partial charge in [-0.3, -0.25) is 4.90 Å². The van der Waals surface area contributed by atoms with E-state index in [1.807, 2.05) is 6.07 Å². The Labute approximate surface area is 165 Å². The van der Waals surface area contributed by atoms with Crippen LogP contribution in [-0.4, -0.2) is 38.6 Å². The Morgan fingerprint density at radius 2 is 1.89 bits per heavy atom. The van der Waals surface area contributed by atoms with Gasteiger partial charge in [-0.1, -0.05) is 30.3 Å². The molecule has 1 fully saturated rings. The third kappa shape index (κ3) is 3.94. The first kappa shape index (κ1) is 18.7. The van der Waals surface area contributed by atoms with Crippen molar-refractivity contribution in [2.24, 2.45) is 5.92 Å². The molecule has 2 heterocycles. The maximum absolute atomic E-state index is 11.2. The number of aromatic carboxylic acids is 1. The molecule has 1 saturated heterocycles. The molecule has 146 valence electrons. The lowest BCUT2D eigenvalue weighted by atomic mass is 9.90. The zero-order chi connectivity index (χ0) is 19.5. The van der Waals surface area contributed by atoms with Gasteiger partial charge in [0.25, 0.3) is 0 Å². The molecule has 1 aromatic heterocycles. The topological polar surface area (TPSA) is 58.4 Å². The number of carboxylic acid groups (broad SMARTS) is 1. The summed E-state index contributed by atoms with van der Waals surface area (Å²) in [6, 6.07) is 16.0. The second-order valence-electron chi connectivity index (χ2n) is 7.69. The molecule has 4 rings (SSSR count). The number of aromatic nitrogens is 2. The molecule has 0 spiro atoms. The van der Waals surface area contributed by atoms with Gasteiger partial charge in [0, 0.05) is 6.54 Å². The van der Waals surface area contributed by atoms with Gasteiger partial charge in [-0.2, -0.15) is 0 Å². The van der Waals surface area contributed by atoms with Gasteiger partial charge in [0.2, 0.25) is 0 Å². The van der Waals surface area contributed by atoms with E-state index in [4.69, 9.17) is 4.98 Å². The van der Waals surface area contributed by atoms with Gasteiger partial charge in [0.05, 0.1) is 23.1 Å². The maximum atomic E-state index is 11.2. The summed E-state index contributed by atoms with van der Waals surface area (Å²) < 4.78 is 2.21. The minimum absolute atomic E-state index is 0.293. The molecule has 0 amide bonds. The predicted octanol–water partition coefficient (Wildman–Crippen LogP) is 4.21. The SMILES string of the molecule is CCn1c(CN2CCC(Cc3ccccc3)CC2)nc2cc(C(=O)O)ccc21. The number of hydrogen-bond acceptors (Lipinski definition) is 3. The number of hydrogen-bond donors (Lipinski definition) is 1. The smallest absolute Gasteiger partial charge is 0.335 e. The molecule has 0 radical (unpaired) electrons. The normalized spacial score (nSPS) is 15.9. The summed E-state index contributed by atoms with van der Waals surface area (Å²) in [4.78, 5) is 18.5. The van der Waals surface area contributed by atoms with E-state index in [-0.39, 0.29) is 0 Å². The van der Waals surface area contributed by atoms with Gasteiger partial charge in [-0.05, 0) is 69.0 Å². The summed E-state index contributed by atoms with van der Waals surface area (Å²) >= 11 is 0. The van der Waals surface area contributed by atoms with E-state index < -0.39 is 5.97 Å². The lowest BCUT2D eigenvalue weighted by Gasteiger charge is -2.31. The summed E-state index contributed by atoms with van der Waals surface area (Å²) in [6.07, 6.45) is 3.59. The van der Waals surface area contributed by atoms with Crippen molar-refractivity contribution in [2.45, 2.75) is 39.3 Å². The molecular weight excluding hydrogens is 350 g/mol.